The van der Waals surface area contributed by atoms with Gasteiger partial charge in [-0.25, -0.2) is 0 Å². The first kappa shape index (κ1) is 27.0. The Kier molecular flexibility index (Phi) is 11.6. The van der Waals surface area contributed by atoms with Gasteiger partial charge in [0.2, 0.25) is 0 Å². The van der Waals surface area contributed by atoms with Crippen LogP contribution in [0, 0.1) is 0 Å². The maximum Gasteiger partial charge on any atom is 0.119 e. The van der Waals surface area contributed by atoms with E-state index in [4.69, 9.17) is 29.2 Å². The molecule has 33 heavy (non-hydrogen) atoms. The summed E-state index contributed by atoms with van der Waals surface area (Å²) in [5, 5.41) is 36.0. The first-order valence-corrected chi connectivity index (χ1v) is 11.1. The van der Waals surface area contributed by atoms with E-state index in [1.165, 1.54) is 0 Å². The van der Waals surface area contributed by atoms with Gasteiger partial charge in [-0.05, 0) is 35.4 Å². The van der Waals surface area contributed by atoms with Crippen LogP contribution in [-0.4, -0.2) is 85.5 Å². The predicted octanol–water partition coefficient (Wildman–Crippen LogP) is 1.51. The van der Waals surface area contributed by atoms with E-state index in [0.717, 1.165) is 22.6 Å². The lowest BCUT2D eigenvalue weighted by atomic mass is 9.78. The Morgan fingerprint density at radius 3 is 1.33 bits per heavy atom. The molecule has 2 unspecified atom stereocenters. The van der Waals surface area contributed by atoms with Crippen LogP contribution in [0.25, 0.3) is 0 Å². The first-order chi connectivity index (χ1) is 15.9. The Hall–Kier alpha value is -2.20. The molecule has 4 N–H and O–H groups in total. The molecule has 184 valence electrons. The number of ether oxygens (including phenoxy) is 4. The molecule has 2 aromatic carbocycles. The molecule has 2 atom stereocenters. The summed E-state index contributed by atoms with van der Waals surface area (Å²) in [4.78, 5) is 0. The minimum absolute atomic E-state index is 0.0827. The third-order valence-electron chi connectivity index (χ3n) is 5.19. The molecule has 0 aliphatic carbocycles. The molecule has 0 heterocycles. The second-order valence-corrected chi connectivity index (χ2v) is 8.19. The summed E-state index contributed by atoms with van der Waals surface area (Å²) in [7, 11) is 0. The third-order valence-corrected chi connectivity index (χ3v) is 5.19. The zero-order valence-corrected chi connectivity index (χ0v) is 19.4. The van der Waals surface area contributed by atoms with Crippen molar-refractivity contribution in [3.63, 3.8) is 0 Å². The molecule has 0 saturated heterocycles. The van der Waals surface area contributed by atoms with Crippen molar-refractivity contribution in [3.8, 4) is 11.5 Å². The van der Waals surface area contributed by atoms with Gasteiger partial charge in [-0.15, -0.1) is 0 Å². The van der Waals surface area contributed by atoms with Gasteiger partial charge in [-0.1, -0.05) is 38.1 Å². The summed E-state index contributed by atoms with van der Waals surface area (Å²) in [5.74, 6) is 1.47. The lowest BCUT2D eigenvalue weighted by Crippen LogP contribution is -2.21. The summed E-state index contributed by atoms with van der Waals surface area (Å²) in [6.07, 6.45) is -1.72. The Morgan fingerprint density at radius 1 is 0.636 bits per heavy atom. The molecule has 0 saturated carbocycles. The summed E-state index contributed by atoms with van der Waals surface area (Å²) in [6.45, 7) is 5.20. The van der Waals surface area contributed by atoms with Gasteiger partial charge in [0, 0.05) is 5.41 Å². The van der Waals surface area contributed by atoms with Gasteiger partial charge in [0.15, 0.2) is 0 Å². The lowest BCUT2D eigenvalue weighted by molar-refractivity contribution is -0.00138. The van der Waals surface area contributed by atoms with E-state index >= 15 is 0 Å². The first-order valence-electron chi connectivity index (χ1n) is 11.1. The second kappa shape index (κ2) is 14.1. The SMILES string of the molecule is CC(C)(c1ccc(OCCOCC(O)CO)cc1)c1ccc(OCCOCC(O)CO)cc1. The maximum atomic E-state index is 9.23. The summed E-state index contributed by atoms with van der Waals surface area (Å²) in [5.41, 5.74) is 2.06. The number of benzene rings is 2. The number of aliphatic hydroxyl groups excluding tert-OH is 4. The van der Waals surface area contributed by atoms with Crippen LogP contribution in [0.1, 0.15) is 25.0 Å². The smallest absolute Gasteiger partial charge is 0.119 e. The number of aliphatic hydroxyl groups is 4. The molecule has 0 fully saturated rings. The Labute approximate surface area is 195 Å². The quantitative estimate of drug-likeness (QED) is 0.276. The van der Waals surface area contributed by atoms with E-state index in [0.29, 0.717) is 26.4 Å². The molecule has 0 aliphatic rings. The summed E-state index contributed by atoms with van der Waals surface area (Å²) >= 11 is 0. The van der Waals surface area contributed by atoms with Crippen molar-refractivity contribution >= 4 is 0 Å². The van der Waals surface area contributed by atoms with Crippen LogP contribution in [-0.2, 0) is 14.9 Å². The highest BCUT2D eigenvalue weighted by molar-refractivity contribution is 5.41. The molecule has 0 bridgehead atoms. The number of hydrogen-bond acceptors (Lipinski definition) is 8. The molecule has 0 aromatic heterocycles. The molecule has 2 aromatic rings. The topological polar surface area (TPSA) is 118 Å². The Morgan fingerprint density at radius 2 is 1.00 bits per heavy atom. The van der Waals surface area contributed by atoms with Gasteiger partial charge >= 0.3 is 0 Å². The Bertz CT molecular complexity index is 710. The van der Waals surface area contributed by atoms with Crippen molar-refractivity contribution in [2.24, 2.45) is 0 Å². The van der Waals surface area contributed by atoms with Gasteiger partial charge < -0.3 is 39.4 Å². The van der Waals surface area contributed by atoms with Gasteiger partial charge in [-0.3, -0.25) is 0 Å². The minimum Gasteiger partial charge on any atom is -0.491 e. The average molecular weight is 465 g/mol. The van der Waals surface area contributed by atoms with Crippen LogP contribution in [0.2, 0.25) is 0 Å². The van der Waals surface area contributed by atoms with E-state index in [2.05, 4.69) is 13.8 Å². The van der Waals surface area contributed by atoms with E-state index < -0.39 is 12.2 Å². The lowest BCUT2D eigenvalue weighted by Gasteiger charge is -2.26. The summed E-state index contributed by atoms with van der Waals surface area (Å²) < 4.78 is 21.8. The largest absolute Gasteiger partial charge is 0.491 e. The van der Waals surface area contributed by atoms with Crippen molar-refractivity contribution < 1.29 is 39.4 Å². The van der Waals surface area contributed by atoms with Crippen LogP contribution in [0.4, 0.5) is 0 Å². The Balaban J connectivity index is 1.81. The van der Waals surface area contributed by atoms with Crippen molar-refractivity contribution in [1.82, 2.24) is 0 Å². The molecule has 2 rings (SSSR count). The monoisotopic (exact) mass is 464 g/mol. The maximum absolute atomic E-state index is 9.23. The zero-order valence-electron chi connectivity index (χ0n) is 19.4. The molecular weight excluding hydrogens is 428 g/mol. The minimum atomic E-state index is -0.862. The normalized spacial score (nSPS) is 13.5. The fraction of sp³-hybridized carbons (Fsp3) is 0.520. The van der Waals surface area contributed by atoms with Crippen LogP contribution >= 0.6 is 0 Å². The van der Waals surface area contributed by atoms with Crippen molar-refractivity contribution in [3.05, 3.63) is 59.7 Å². The summed E-state index contributed by atoms with van der Waals surface area (Å²) in [6, 6.07) is 15.8. The molecular formula is C25H36O8. The molecule has 0 amide bonds. The van der Waals surface area contributed by atoms with Gasteiger partial charge in [0.25, 0.3) is 0 Å². The van der Waals surface area contributed by atoms with Gasteiger partial charge in [0.1, 0.15) is 36.9 Å². The van der Waals surface area contributed by atoms with E-state index in [1.807, 2.05) is 48.5 Å². The van der Waals surface area contributed by atoms with Crippen molar-refractivity contribution in [2.45, 2.75) is 31.5 Å². The van der Waals surface area contributed by atoms with Crippen LogP contribution in [0.15, 0.2) is 48.5 Å². The fourth-order valence-corrected chi connectivity index (χ4v) is 3.08. The predicted molar refractivity (Wildman–Crippen MR) is 124 cm³/mol. The van der Waals surface area contributed by atoms with E-state index in [-0.39, 0.29) is 31.8 Å². The van der Waals surface area contributed by atoms with E-state index in [1.54, 1.807) is 0 Å². The molecule has 8 nitrogen and oxygen atoms in total. The van der Waals surface area contributed by atoms with Crippen LogP contribution in [0.3, 0.4) is 0 Å². The van der Waals surface area contributed by atoms with Crippen LogP contribution < -0.4 is 9.47 Å². The highest BCUT2D eigenvalue weighted by Crippen LogP contribution is 2.33. The number of hydrogen-bond donors (Lipinski definition) is 4. The van der Waals surface area contributed by atoms with Crippen LogP contribution in [0.5, 0.6) is 11.5 Å². The average Bonchev–Trinajstić information content (AvgIpc) is 2.83. The van der Waals surface area contributed by atoms with Gasteiger partial charge in [-0.2, -0.15) is 0 Å². The standard InChI is InChI=1S/C25H36O8/c1-25(2,19-3-7-23(8-4-19)32-13-11-30-17-21(28)15-26)20-5-9-24(10-6-20)33-14-12-31-18-22(29)16-27/h3-10,21-22,26-29H,11-18H2,1-2H3. The number of rotatable bonds is 16. The molecule has 0 spiro atoms. The highest BCUT2D eigenvalue weighted by Gasteiger charge is 2.23. The van der Waals surface area contributed by atoms with Gasteiger partial charge in [0.05, 0.1) is 39.6 Å². The zero-order chi connectivity index (χ0) is 24.1. The van der Waals surface area contributed by atoms with Crippen molar-refractivity contribution in [1.29, 1.82) is 0 Å². The second-order valence-electron chi connectivity index (χ2n) is 8.19. The molecule has 0 radical (unpaired) electrons. The third kappa shape index (κ3) is 9.29. The molecule has 8 heteroatoms. The highest BCUT2D eigenvalue weighted by atomic mass is 16.5. The van der Waals surface area contributed by atoms with Crippen molar-refractivity contribution in [2.75, 3.05) is 52.9 Å². The van der Waals surface area contributed by atoms with E-state index in [9.17, 15) is 10.2 Å². The fourth-order valence-electron chi connectivity index (χ4n) is 3.08. The molecule has 0 aliphatic heterocycles.